The lowest BCUT2D eigenvalue weighted by Gasteiger charge is -2.40. The van der Waals surface area contributed by atoms with Crippen LogP contribution in [0.25, 0.3) is 0 Å². The number of likely N-dealkylation sites (tertiary alicyclic amines) is 1. The molecule has 8 nitrogen and oxygen atoms in total. The largest absolute Gasteiger partial charge is 0.481 e. The SMILES string of the molecule is O=C(O)C[C@H](NC(=O)CC1CN(C(=O)C2CCCC2)C1)C(=O)COc1c(F)c(F)cc(F)c1F. The second kappa shape index (κ2) is 10.8. The lowest BCUT2D eigenvalue weighted by molar-refractivity contribution is -0.144. The Kier molecular flexibility index (Phi) is 8.11. The maximum Gasteiger partial charge on any atom is 0.305 e. The van der Waals surface area contributed by atoms with E-state index in [4.69, 9.17) is 5.11 Å². The first-order chi connectivity index (χ1) is 16.1. The number of hydrogen-bond donors (Lipinski definition) is 2. The predicted molar refractivity (Wildman–Crippen MR) is 108 cm³/mol. The number of carbonyl (C=O) groups excluding carboxylic acids is 3. The second-order valence-electron chi connectivity index (χ2n) is 8.57. The fourth-order valence-corrected chi connectivity index (χ4v) is 4.17. The van der Waals surface area contributed by atoms with Gasteiger partial charge in [-0.05, 0) is 12.8 Å². The predicted octanol–water partition coefficient (Wildman–Crippen LogP) is 2.19. The summed E-state index contributed by atoms with van der Waals surface area (Å²) in [5, 5.41) is 11.3. The zero-order valence-electron chi connectivity index (χ0n) is 18.1. The Morgan fingerprint density at radius 1 is 1.06 bits per heavy atom. The topological polar surface area (TPSA) is 113 Å². The van der Waals surface area contributed by atoms with Gasteiger partial charge in [0.2, 0.25) is 23.4 Å². The molecule has 0 unspecified atom stereocenters. The van der Waals surface area contributed by atoms with E-state index in [1.54, 1.807) is 4.90 Å². The van der Waals surface area contributed by atoms with Crippen LogP contribution in [0.5, 0.6) is 5.75 Å². The number of amides is 2. The number of halogens is 4. The summed E-state index contributed by atoms with van der Waals surface area (Å²) in [6.07, 6.45) is 2.86. The van der Waals surface area contributed by atoms with E-state index in [0.29, 0.717) is 13.1 Å². The van der Waals surface area contributed by atoms with Crippen molar-refractivity contribution in [3.8, 4) is 5.75 Å². The minimum absolute atomic E-state index is 0.0218. The van der Waals surface area contributed by atoms with E-state index in [0.717, 1.165) is 25.7 Å². The molecule has 12 heteroatoms. The fourth-order valence-electron chi connectivity index (χ4n) is 4.17. The van der Waals surface area contributed by atoms with E-state index in [-0.39, 0.29) is 30.2 Å². The highest BCUT2D eigenvalue weighted by Crippen LogP contribution is 2.30. The summed E-state index contributed by atoms with van der Waals surface area (Å²) < 4.78 is 58.5. The quantitative estimate of drug-likeness (QED) is 0.386. The number of ketones is 1. The first-order valence-electron chi connectivity index (χ1n) is 10.8. The van der Waals surface area contributed by atoms with Crippen molar-refractivity contribution < 1.29 is 46.6 Å². The molecule has 0 bridgehead atoms. The molecule has 1 atom stereocenters. The van der Waals surface area contributed by atoms with Crippen LogP contribution in [0.15, 0.2) is 6.07 Å². The number of benzene rings is 1. The van der Waals surface area contributed by atoms with Crippen LogP contribution in [-0.4, -0.2) is 59.3 Å². The summed E-state index contributed by atoms with van der Waals surface area (Å²) in [7, 11) is 0. The van der Waals surface area contributed by atoms with Crippen molar-refractivity contribution in [3.05, 3.63) is 29.3 Å². The molecule has 2 aliphatic rings. The van der Waals surface area contributed by atoms with E-state index in [2.05, 4.69) is 10.1 Å². The third-order valence-corrected chi connectivity index (χ3v) is 5.98. The maximum absolute atomic E-state index is 13.7. The standard InChI is InChI=1S/C22H24F4N2O6/c23-13-6-14(24)20(26)21(19(13)25)34-10-16(29)15(7-18(31)32)27-17(30)5-11-8-28(9-11)22(33)12-3-1-2-4-12/h6,11-12,15H,1-5,7-10H2,(H,27,30)(H,31,32)/t15-/m0/s1. The fraction of sp³-hybridized carbons (Fsp3) is 0.545. The van der Waals surface area contributed by atoms with Gasteiger partial charge in [-0.1, -0.05) is 12.8 Å². The monoisotopic (exact) mass is 488 g/mol. The van der Waals surface area contributed by atoms with Crippen molar-refractivity contribution in [1.29, 1.82) is 0 Å². The summed E-state index contributed by atoms with van der Waals surface area (Å²) in [6.45, 7) is -0.373. The normalized spacial score (nSPS) is 17.2. The molecular formula is C22H24F4N2O6. The summed E-state index contributed by atoms with van der Waals surface area (Å²) in [6, 6.07) is -1.62. The molecule has 34 heavy (non-hydrogen) atoms. The highest BCUT2D eigenvalue weighted by atomic mass is 19.2. The molecule has 0 aromatic heterocycles. The van der Waals surface area contributed by atoms with Crippen LogP contribution in [0.4, 0.5) is 17.6 Å². The van der Waals surface area contributed by atoms with Crippen molar-refractivity contribution >= 4 is 23.6 Å². The molecule has 1 saturated heterocycles. The molecule has 2 amide bonds. The summed E-state index contributed by atoms with van der Waals surface area (Å²) in [5.74, 6) is -11.9. The van der Waals surface area contributed by atoms with Crippen LogP contribution in [0.3, 0.4) is 0 Å². The number of hydrogen-bond acceptors (Lipinski definition) is 5. The molecule has 0 spiro atoms. The molecular weight excluding hydrogens is 464 g/mol. The van der Waals surface area contributed by atoms with Crippen LogP contribution < -0.4 is 10.1 Å². The second-order valence-corrected chi connectivity index (χ2v) is 8.57. The Labute approximate surface area is 192 Å². The van der Waals surface area contributed by atoms with Gasteiger partial charge in [-0.25, -0.2) is 8.78 Å². The molecule has 0 radical (unpaired) electrons. The van der Waals surface area contributed by atoms with Gasteiger partial charge >= 0.3 is 5.97 Å². The van der Waals surface area contributed by atoms with E-state index in [1.807, 2.05) is 0 Å². The summed E-state index contributed by atoms with van der Waals surface area (Å²) in [4.78, 5) is 49.8. The van der Waals surface area contributed by atoms with Gasteiger partial charge < -0.3 is 20.1 Å². The Balaban J connectivity index is 1.52. The zero-order chi connectivity index (χ0) is 25.0. The number of carboxylic acid groups (broad SMARTS) is 1. The molecule has 2 N–H and O–H groups in total. The maximum atomic E-state index is 13.7. The summed E-state index contributed by atoms with van der Waals surface area (Å²) in [5.41, 5.74) is 0. The van der Waals surface area contributed by atoms with E-state index >= 15 is 0 Å². The van der Waals surface area contributed by atoms with Crippen molar-refractivity contribution in [1.82, 2.24) is 10.2 Å². The molecule has 2 fully saturated rings. The van der Waals surface area contributed by atoms with Crippen LogP contribution in [-0.2, 0) is 19.2 Å². The molecule has 1 aromatic rings. The van der Waals surface area contributed by atoms with Gasteiger partial charge in [0.1, 0.15) is 12.6 Å². The van der Waals surface area contributed by atoms with Crippen LogP contribution in [0.1, 0.15) is 38.5 Å². The highest BCUT2D eigenvalue weighted by Gasteiger charge is 2.37. The van der Waals surface area contributed by atoms with Gasteiger partial charge in [0.15, 0.2) is 23.2 Å². The van der Waals surface area contributed by atoms with Crippen LogP contribution in [0.2, 0.25) is 0 Å². The molecule has 3 rings (SSSR count). The van der Waals surface area contributed by atoms with Crippen LogP contribution >= 0.6 is 0 Å². The number of Topliss-reactive ketones (excluding diaryl/α,β-unsaturated/α-hetero) is 1. The van der Waals surface area contributed by atoms with E-state index < -0.39 is 65.7 Å². The average Bonchev–Trinajstić information content (AvgIpc) is 3.28. The van der Waals surface area contributed by atoms with Crippen molar-refractivity contribution in [2.24, 2.45) is 11.8 Å². The van der Waals surface area contributed by atoms with Gasteiger partial charge in [-0.2, -0.15) is 8.78 Å². The highest BCUT2D eigenvalue weighted by molar-refractivity contribution is 5.93. The molecule has 186 valence electrons. The van der Waals surface area contributed by atoms with Gasteiger partial charge in [-0.15, -0.1) is 0 Å². The van der Waals surface area contributed by atoms with Gasteiger partial charge in [0.25, 0.3) is 0 Å². The first kappa shape index (κ1) is 25.4. The molecule has 1 saturated carbocycles. The molecule has 1 heterocycles. The number of nitrogens with one attached hydrogen (secondary N) is 1. The van der Waals surface area contributed by atoms with Crippen molar-refractivity contribution in [2.45, 2.75) is 44.6 Å². The lowest BCUT2D eigenvalue weighted by Crippen LogP contribution is -2.53. The lowest BCUT2D eigenvalue weighted by atomic mass is 9.93. The summed E-state index contributed by atoms with van der Waals surface area (Å²) >= 11 is 0. The zero-order valence-corrected chi connectivity index (χ0v) is 18.1. The van der Waals surface area contributed by atoms with Gasteiger partial charge in [0.05, 0.1) is 6.42 Å². The minimum atomic E-state index is -1.85. The molecule has 1 aromatic carbocycles. The molecule has 1 aliphatic heterocycles. The Hall–Kier alpha value is -3.18. The average molecular weight is 488 g/mol. The number of aliphatic carboxylic acids is 1. The Morgan fingerprint density at radius 2 is 1.65 bits per heavy atom. The Bertz CT molecular complexity index is 950. The Morgan fingerprint density at radius 3 is 2.21 bits per heavy atom. The van der Waals surface area contributed by atoms with Crippen LogP contribution in [0, 0.1) is 35.1 Å². The smallest absolute Gasteiger partial charge is 0.305 e. The third-order valence-electron chi connectivity index (χ3n) is 5.98. The van der Waals surface area contributed by atoms with E-state index in [9.17, 15) is 36.7 Å². The number of nitrogens with zero attached hydrogens (tertiary/aromatic N) is 1. The van der Waals surface area contributed by atoms with Crippen molar-refractivity contribution in [3.63, 3.8) is 0 Å². The number of carboxylic acids is 1. The van der Waals surface area contributed by atoms with E-state index in [1.165, 1.54) is 0 Å². The first-order valence-corrected chi connectivity index (χ1v) is 10.8. The number of rotatable bonds is 10. The number of carbonyl (C=O) groups is 4. The third kappa shape index (κ3) is 6.03. The van der Waals surface area contributed by atoms with Crippen molar-refractivity contribution in [2.75, 3.05) is 19.7 Å². The van der Waals surface area contributed by atoms with Gasteiger partial charge in [0, 0.05) is 37.4 Å². The molecule has 1 aliphatic carbocycles. The minimum Gasteiger partial charge on any atom is -0.481 e. The van der Waals surface area contributed by atoms with Gasteiger partial charge in [-0.3, -0.25) is 19.2 Å². The number of ether oxygens (including phenoxy) is 1.